The monoisotopic (exact) mass is 222 g/mol. The quantitative estimate of drug-likeness (QED) is 0.854. The smallest absolute Gasteiger partial charge is 0.304 e. The van der Waals surface area contributed by atoms with Gasteiger partial charge in [-0.1, -0.05) is 13.8 Å². The third-order valence-corrected chi connectivity index (χ3v) is 3.36. The Balaban J connectivity index is 2.25. The van der Waals surface area contributed by atoms with Crippen LogP contribution in [0.25, 0.3) is 0 Å². The van der Waals surface area contributed by atoms with Crippen molar-refractivity contribution in [2.75, 3.05) is 0 Å². The van der Waals surface area contributed by atoms with Crippen LogP contribution in [0.4, 0.5) is 0 Å². The van der Waals surface area contributed by atoms with E-state index in [1.54, 1.807) is 0 Å². The first-order valence-electron chi connectivity index (χ1n) is 5.86. The maximum absolute atomic E-state index is 10.7. The van der Waals surface area contributed by atoms with Gasteiger partial charge in [0, 0.05) is 30.3 Å². The van der Waals surface area contributed by atoms with Crippen LogP contribution in [-0.4, -0.2) is 20.6 Å². The summed E-state index contributed by atoms with van der Waals surface area (Å²) in [5, 5.41) is 8.81. The van der Waals surface area contributed by atoms with Crippen LogP contribution in [0.1, 0.15) is 56.5 Å². The minimum atomic E-state index is -0.744. The molecule has 0 saturated heterocycles. The molecule has 0 fully saturated rings. The fourth-order valence-corrected chi connectivity index (χ4v) is 2.49. The maximum Gasteiger partial charge on any atom is 0.304 e. The number of carboxylic acid groups (broad SMARTS) is 1. The largest absolute Gasteiger partial charge is 0.481 e. The lowest BCUT2D eigenvalue weighted by Crippen LogP contribution is -2.17. The van der Waals surface area contributed by atoms with E-state index < -0.39 is 5.97 Å². The molecule has 0 amide bonds. The summed E-state index contributed by atoms with van der Waals surface area (Å²) >= 11 is 0. The fraction of sp³-hybridized carbons (Fsp3) is 0.667. The van der Waals surface area contributed by atoms with Crippen molar-refractivity contribution in [1.82, 2.24) is 9.55 Å². The van der Waals surface area contributed by atoms with Gasteiger partial charge in [0.2, 0.25) is 0 Å². The zero-order valence-electron chi connectivity index (χ0n) is 9.81. The van der Waals surface area contributed by atoms with Gasteiger partial charge in [-0.15, -0.1) is 0 Å². The van der Waals surface area contributed by atoms with Gasteiger partial charge in [-0.05, 0) is 12.8 Å². The Kier molecular flexibility index (Phi) is 2.99. The van der Waals surface area contributed by atoms with Crippen molar-refractivity contribution in [3.05, 3.63) is 17.7 Å². The zero-order chi connectivity index (χ0) is 11.7. The van der Waals surface area contributed by atoms with Gasteiger partial charge >= 0.3 is 5.97 Å². The van der Waals surface area contributed by atoms with Crippen LogP contribution in [-0.2, 0) is 11.3 Å². The molecule has 0 saturated carbocycles. The molecule has 88 valence electrons. The molecule has 1 aromatic rings. The van der Waals surface area contributed by atoms with Gasteiger partial charge in [0.25, 0.3) is 0 Å². The number of hydrogen-bond acceptors (Lipinski definition) is 2. The van der Waals surface area contributed by atoms with Gasteiger partial charge < -0.3 is 9.67 Å². The Bertz CT molecular complexity index is 398. The number of nitrogens with zero attached hydrogens (tertiary/aromatic N) is 2. The van der Waals surface area contributed by atoms with E-state index in [2.05, 4.69) is 16.5 Å². The fourth-order valence-electron chi connectivity index (χ4n) is 2.49. The summed E-state index contributed by atoms with van der Waals surface area (Å²) in [6.45, 7) is 5.13. The number of hydrogen-bond donors (Lipinski definition) is 1. The van der Waals surface area contributed by atoms with E-state index in [-0.39, 0.29) is 12.3 Å². The van der Waals surface area contributed by atoms with Gasteiger partial charge in [0.05, 0.1) is 6.42 Å². The van der Waals surface area contributed by atoms with Crippen molar-refractivity contribution < 1.29 is 9.90 Å². The maximum atomic E-state index is 10.7. The number of aromatic nitrogens is 2. The van der Waals surface area contributed by atoms with E-state index in [0.717, 1.165) is 24.5 Å². The van der Waals surface area contributed by atoms with Crippen LogP contribution in [0, 0.1) is 0 Å². The number of imidazole rings is 1. The molecule has 1 N–H and O–H groups in total. The third kappa shape index (κ3) is 1.96. The second-order valence-corrected chi connectivity index (χ2v) is 4.74. The van der Waals surface area contributed by atoms with Crippen molar-refractivity contribution >= 4 is 5.97 Å². The van der Waals surface area contributed by atoms with Gasteiger partial charge in [-0.2, -0.15) is 0 Å². The second kappa shape index (κ2) is 4.28. The van der Waals surface area contributed by atoms with Crippen LogP contribution in [0.15, 0.2) is 6.20 Å². The number of aliphatic carboxylic acids is 1. The van der Waals surface area contributed by atoms with E-state index in [0.29, 0.717) is 5.92 Å². The summed E-state index contributed by atoms with van der Waals surface area (Å²) in [7, 11) is 0. The summed E-state index contributed by atoms with van der Waals surface area (Å²) in [5.41, 5.74) is 1.07. The lowest BCUT2D eigenvalue weighted by Gasteiger charge is -2.23. The summed E-state index contributed by atoms with van der Waals surface area (Å²) < 4.78 is 2.21. The first kappa shape index (κ1) is 11.2. The Morgan fingerprint density at radius 3 is 3.19 bits per heavy atom. The molecule has 2 atom stereocenters. The highest BCUT2D eigenvalue weighted by molar-refractivity contribution is 5.67. The van der Waals surface area contributed by atoms with Crippen LogP contribution in [0.5, 0.6) is 0 Å². The van der Waals surface area contributed by atoms with E-state index >= 15 is 0 Å². The molecule has 4 heteroatoms. The SMILES string of the molecule is CC(CC(=O)O)c1cnc2n1CCCC2C. The lowest BCUT2D eigenvalue weighted by atomic mass is 9.99. The van der Waals surface area contributed by atoms with E-state index in [4.69, 9.17) is 5.11 Å². The molecular formula is C12H18N2O2. The van der Waals surface area contributed by atoms with Crippen LogP contribution in [0.3, 0.4) is 0 Å². The number of fused-ring (bicyclic) bond motifs is 1. The Hall–Kier alpha value is -1.32. The van der Waals surface area contributed by atoms with Crippen LogP contribution in [0.2, 0.25) is 0 Å². The first-order valence-corrected chi connectivity index (χ1v) is 5.86. The average molecular weight is 222 g/mol. The number of carbonyl (C=O) groups is 1. The predicted octanol–water partition coefficient (Wildman–Crippen LogP) is 2.36. The summed E-state index contributed by atoms with van der Waals surface area (Å²) in [5.74, 6) is 0.925. The molecule has 1 aromatic heterocycles. The minimum absolute atomic E-state index is 0.0454. The van der Waals surface area contributed by atoms with Gasteiger partial charge in [0.1, 0.15) is 5.82 Å². The molecule has 0 aromatic carbocycles. The molecule has 2 unspecified atom stereocenters. The van der Waals surface area contributed by atoms with Crippen LogP contribution < -0.4 is 0 Å². The third-order valence-electron chi connectivity index (χ3n) is 3.36. The number of carboxylic acids is 1. The molecular weight excluding hydrogens is 204 g/mol. The molecule has 4 nitrogen and oxygen atoms in total. The minimum Gasteiger partial charge on any atom is -0.481 e. The average Bonchev–Trinajstić information content (AvgIpc) is 2.61. The first-order chi connectivity index (χ1) is 7.59. The predicted molar refractivity (Wildman–Crippen MR) is 60.5 cm³/mol. The van der Waals surface area contributed by atoms with Crippen molar-refractivity contribution in [1.29, 1.82) is 0 Å². The molecule has 2 heterocycles. The van der Waals surface area contributed by atoms with Crippen molar-refractivity contribution in [3.63, 3.8) is 0 Å². The van der Waals surface area contributed by atoms with Gasteiger partial charge in [-0.3, -0.25) is 4.79 Å². The Labute approximate surface area is 95.3 Å². The van der Waals surface area contributed by atoms with Crippen molar-refractivity contribution in [2.24, 2.45) is 0 Å². The molecule has 16 heavy (non-hydrogen) atoms. The highest BCUT2D eigenvalue weighted by Gasteiger charge is 2.23. The standard InChI is InChI=1S/C12H18N2O2/c1-8-4-3-5-14-10(7-13-12(8)14)9(2)6-11(15)16/h7-9H,3-6H2,1-2H3,(H,15,16). The molecule has 0 radical (unpaired) electrons. The van der Waals surface area contributed by atoms with Gasteiger partial charge in [0.15, 0.2) is 0 Å². The molecule has 0 aliphatic carbocycles. The zero-order valence-corrected chi connectivity index (χ0v) is 9.81. The topological polar surface area (TPSA) is 55.1 Å². The van der Waals surface area contributed by atoms with Gasteiger partial charge in [-0.25, -0.2) is 4.98 Å². The molecule has 0 bridgehead atoms. The summed E-state index contributed by atoms with van der Waals surface area (Å²) in [4.78, 5) is 15.1. The molecule has 1 aliphatic heterocycles. The number of rotatable bonds is 3. The normalized spacial score (nSPS) is 21.5. The van der Waals surface area contributed by atoms with E-state index in [1.807, 2.05) is 13.1 Å². The highest BCUT2D eigenvalue weighted by atomic mass is 16.4. The van der Waals surface area contributed by atoms with Crippen molar-refractivity contribution in [2.45, 2.75) is 51.5 Å². The van der Waals surface area contributed by atoms with Crippen LogP contribution >= 0.6 is 0 Å². The molecule has 2 rings (SSSR count). The lowest BCUT2D eigenvalue weighted by molar-refractivity contribution is -0.137. The Morgan fingerprint density at radius 1 is 1.75 bits per heavy atom. The second-order valence-electron chi connectivity index (χ2n) is 4.74. The van der Waals surface area contributed by atoms with E-state index in [1.165, 1.54) is 6.42 Å². The molecule has 0 spiro atoms. The highest BCUT2D eigenvalue weighted by Crippen LogP contribution is 2.30. The Morgan fingerprint density at radius 2 is 2.50 bits per heavy atom. The molecule has 1 aliphatic rings. The van der Waals surface area contributed by atoms with E-state index in [9.17, 15) is 4.79 Å². The summed E-state index contributed by atoms with van der Waals surface area (Å²) in [6.07, 6.45) is 4.38. The summed E-state index contributed by atoms with van der Waals surface area (Å²) in [6, 6.07) is 0. The van der Waals surface area contributed by atoms with Crippen molar-refractivity contribution in [3.8, 4) is 0 Å².